The van der Waals surface area contributed by atoms with Gasteiger partial charge < -0.3 is 10.4 Å². The van der Waals surface area contributed by atoms with Crippen LogP contribution in [0.15, 0.2) is 59.5 Å². The first-order valence-electron chi connectivity index (χ1n) is 8.38. The lowest BCUT2D eigenvalue weighted by Gasteiger charge is -2.14. The van der Waals surface area contributed by atoms with E-state index in [4.69, 9.17) is 12.2 Å². The normalized spacial score (nSPS) is 15.4. The van der Waals surface area contributed by atoms with E-state index in [1.807, 2.05) is 30.3 Å². The van der Waals surface area contributed by atoms with Crippen LogP contribution in [0.5, 0.6) is 5.75 Å². The molecular weight excluding hydrogens is 380 g/mol. The molecule has 0 aromatic heterocycles. The third kappa shape index (κ3) is 5.18. The van der Waals surface area contributed by atoms with Crippen molar-refractivity contribution < 1.29 is 14.7 Å². The number of hydrogen-bond acceptors (Lipinski definition) is 5. The fraction of sp³-hybridized carbons (Fsp3) is 0.150. The SMILES string of the molecule is O=C(CN1C(=O)C(=Cc2ccccc2)SC1=S)NCCc1ccc(O)cc1. The van der Waals surface area contributed by atoms with E-state index in [-0.39, 0.29) is 24.1 Å². The van der Waals surface area contributed by atoms with Gasteiger partial charge in [0.15, 0.2) is 0 Å². The molecule has 138 valence electrons. The lowest BCUT2D eigenvalue weighted by molar-refractivity contribution is -0.128. The molecule has 0 aliphatic carbocycles. The third-order valence-corrected chi connectivity index (χ3v) is 5.32. The second-order valence-electron chi connectivity index (χ2n) is 5.94. The standard InChI is InChI=1S/C20H18N2O3S2/c23-16-8-6-14(7-9-16)10-11-21-18(24)13-22-19(25)17(27-20(22)26)12-15-4-2-1-3-5-15/h1-9,12,23H,10-11,13H2,(H,21,24). The van der Waals surface area contributed by atoms with E-state index in [1.165, 1.54) is 16.7 Å². The Bertz CT molecular complexity index is 880. The Morgan fingerprint density at radius 2 is 1.85 bits per heavy atom. The summed E-state index contributed by atoms with van der Waals surface area (Å²) in [7, 11) is 0. The third-order valence-electron chi connectivity index (χ3n) is 3.94. The Labute approximate surface area is 167 Å². The molecule has 2 aromatic rings. The van der Waals surface area contributed by atoms with E-state index in [9.17, 15) is 14.7 Å². The summed E-state index contributed by atoms with van der Waals surface area (Å²) < 4.78 is 0.385. The number of thioether (sulfide) groups is 1. The van der Waals surface area contributed by atoms with Gasteiger partial charge in [-0.05, 0) is 35.8 Å². The van der Waals surface area contributed by atoms with Crippen molar-refractivity contribution in [1.29, 1.82) is 0 Å². The molecule has 0 radical (unpaired) electrons. The topological polar surface area (TPSA) is 69.6 Å². The molecule has 1 heterocycles. The van der Waals surface area contributed by atoms with Crippen LogP contribution in [0.25, 0.3) is 6.08 Å². The van der Waals surface area contributed by atoms with Crippen LogP contribution in [0.3, 0.4) is 0 Å². The molecule has 0 unspecified atom stereocenters. The summed E-state index contributed by atoms with van der Waals surface area (Å²) in [5.41, 5.74) is 1.92. The second kappa shape index (κ2) is 8.83. The number of carbonyl (C=O) groups excluding carboxylic acids is 2. The first kappa shape index (κ1) is 19.1. The molecule has 2 N–H and O–H groups in total. The average molecular weight is 399 g/mol. The first-order valence-corrected chi connectivity index (χ1v) is 9.60. The predicted octanol–water partition coefficient (Wildman–Crippen LogP) is 2.95. The van der Waals surface area contributed by atoms with Gasteiger partial charge in [0.1, 0.15) is 16.6 Å². The van der Waals surface area contributed by atoms with E-state index < -0.39 is 0 Å². The number of benzene rings is 2. The minimum atomic E-state index is -0.258. The molecule has 1 saturated heterocycles. The molecule has 1 aliphatic rings. The molecular formula is C20H18N2O3S2. The van der Waals surface area contributed by atoms with Gasteiger partial charge in [-0.25, -0.2) is 0 Å². The van der Waals surface area contributed by atoms with E-state index in [2.05, 4.69) is 5.32 Å². The number of amides is 2. The predicted molar refractivity (Wildman–Crippen MR) is 111 cm³/mol. The van der Waals surface area contributed by atoms with Crippen molar-refractivity contribution in [3.05, 3.63) is 70.6 Å². The molecule has 2 aromatic carbocycles. The van der Waals surface area contributed by atoms with Gasteiger partial charge in [-0.15, -0.1) is 0 Å². The lowest BCUT2D eigenvalue weighted by atomic mass is 10.1. The van der Waals surface area contributed by atoms with Crippen molar-refractivity contribution in [3.8, 4) is 5.75 Å². The number of rotatable bonds is 6. The van der Waals surface area contributed by atoms with Crippen molar-refractivity contribution in [3.63, 3.8) is 0 Å². The monoisotopic (exact) mass is 398 g/mol. The smallest absolute Gasteiger partial charge is 0.266 e. The van der Waals surface area contributed by atoms with Crippen LogP contribution in [0.1, 0.15) is 11.1 Å². The summed E-state index contributed by atoms with van der Waals surface area (Å²) in [5.74, 6) is -0.297. The average Bonchev–Trinajstić information content (AvgIpc) is 2.92. The summed E-state index contributed by atoms with van der Waals surface area (Å²) in [4.78, 5) is 26.5. The highest BCUT2D eigenvalue weighted by molar-refractivity contribution is 8.26. The Hall–Kier alpha value is -2.64. The number of phenols is 1. The van der Waals surface area contributed by atoms with Crippen LogP contribution >= 0.6 is 24.0 Å². The number of phenolic OH excluding ortho intramolecular Hbond substituents is 1. The maximum atomic E-state index is 12.5. The number of aromatic hydroxyl groups is 1. The Morgan fingerprint density at radius 1 is 1.15 bits per heavy atom. The van der Waals surface area contributed by atoms with Crippen LogP contribution in [-0.2, 0) is 16.0 Å². The molecule has 1 fully saturated rings. The zero-order valence-electron chi connectivity index (χ0n) is 14.4. The molecule has 2 amide bonds. The van der Waals surface area contributed by atoms with Crippen LogP contribution < -0.4 is 5.32 Å². The number of thiocarbonyl (C=S) groups is 1. The number of carbonyl (C=O) groups is 2. The van der Waals surface area contributed by atoms with Gasteiger partial charge in [-0.2, -0.15) is 0 Å². The van der Waals surface area contributed by atoms with Crippen LogP contribution in [0, 0.1) is 0 Å². The highest BCUT2D eigenvalue weighted by Crippen LogP contribution is 2.32. The Balaban J connectivity index is 1.53. The van der Waals surface area contributed by atoms with Crippen LogP contribution in [-0.4, -0.2) is 39.2 Å². The zero-order valence-corrected chi connectivity index (χ0v) is 16.1. The van der Waals surface area contributed by atoms with Crippen LogP contribution in [0.2, 0.25) is 0 Å². The molecule has 1 aliphatic heterocycles. The summed E-state index contributed by atoms with van der Waals surface area (Å²) in [6.07, 6.45) is 2.42. The maximum Gasteiger partial charge on any atom is 0.266 e. The van der Waals surface area contributed by atoms with Crippen molar-refractivity contribution >= 4 is 46.2 Å². The van der Waals surface area contributed by atoms with Crippen molar-refractivity contribution in [2.45, 2.75) is 6.42 Å². The molecule has 5 nitrogen and oxygen atoms in total. The molecule has 0 spiro atoms. The van der Waals surface area contributed by atoms with E-state index in [1.54, 1.807) is 30.3 Å². The van der Waals surface area contributed by atoms with Gasteiger partial charge in [0.25, 0.3) is 5.91 Å². The summed E-state index contributed by atoms with van der Waals surface area (Å²) in [6, 6.07) is 16.3. The minimum Gasteiger partial charge on any atom is -0.508 e. The fourth-order valence-electron chi connectivity index (χ4n) is 2.55. The fourth-order valence-corrected chi connectivity index (χ4v) is 3.80. The van der Waals surface area contributed by atoms with E-state index in [0.717, 1.165) is 11.1 Å². The van der Waals surface area contributed by atoms with Gasteiger partial charge in [-0.1, -0.05) is 66.4 Å². The second-order valence-corrected chi connectivity index (χ2v) is 7.62. The minimum absolute atomic E-state index is 0.0909. The quantitative estimate of drug-likeness (QED) is 0.578. The van der Waals surface area contributed by atoms with Crippen molar-refractivity contribution in [1.82, 2.24) is 10.2 Å². The molecule has 0 saturated carbocycles. The number of nitrogens with one attached hydrogen (secondary N) is 1. The summed E-state index contributed by atoms with van der Waals surface area (Å²) in [5, 5.41) is 12.1. The van der Waals surface area contributed by atoms with Gasteiger partial charge in [0, 0.05) is 6.54 Å². The largest absolute Gasteiger partial charge is 0.508 e. The maximum absolute atomic E-state index is 12.5. The molecule has 0 bridgehead atoms. The van der Waals surface area contributed by atoms with Crippen molar-refractivity contribution in [2.24, 2.45) is 0 Å². The molecule has 0 atom stereocenters. The molecule has 27 heavy (non-hydrogen) atoms. The van der Waals surface area contributed by atoms with Gasteiger partial charge in [-0.3, -0.25) is 14.5 Å². The van der Waals surface area contributed by atoms with Gasteiger partial charge in [0.2, 0.25) is 5.91 Å². The van der Waals surface area contributed by atoms with E-state index >= 15 is 0 Å². The summed E-state index contributed by atoms with van der Waals surface area (Å²) >= 11 is 6.46. The Morgan fingerprint density at radius 3 is 2.56 bits per heavy atom. The molecule has 7 heteroatoms. The Kier molecular flexibility index (Phi) is 6.26. The van der Waals surface area contributed by atoms with Crippen molar-refractivity contribution in [2.75, 3.05) is 13.1 Å². The highest BCUT2D eigenvalue weighted by atomic mass is 32.2. The van der Waals surface area contributed by atoms with E-state index in [0.29, 0.717) is 22.2 Å². The zero-order chi connectivity index (χ0) is 19.2. The lowest BCUT2D eigenvalue weighted by Crippen LogP contribution is -2.40. The number of hydrogen-bond donors (Lipinski definition) is 2. The van der Waals surface area contributed by atoms with Gasteiger partial charge >= 0.3 is 0 Å². The van der Waals surface area contributed by atoms with Gasteiger partial charge in [0.05, 0.1) is 4.91 Å². The number of nitrogens with zero attached hydrogens (tertiary/aromatic N) is 1. The summed E-state index contributed by atoms with van der Waals surface area (Å²) in [6.45, 7) is 0.352. The molecule has 3 rings (SSSR count). The highest BCUT2D eigenvalue weighted by Gasteiger charge is 2.33. The van der Waals surface area contributed by atoms with Crippen LogP contribution in [0.4, 0.5) is 0 Å². The first-order chi connectivity index (χ1) is 13.0.